The van der Waals surface area contributed by atoms with E-state index >= 15 is 8.78 Å². The van der Waals surface area contributed by atoms with Gasteiger partial charge in [-0.2, -0.15) is 45.3 Å². The number of carbonyl (C=O) groups excluding carboxylic acids is 2. The topological polar surface area (TPSA) is 204 Å². The number of pyridine rings is 1. The van der Waals surface area contributed by atoms with Crippen molar-refractivity contribution >= 4 is 61.2 Å². The van der Waals surface area contributed by atoms with Gasteiger partial charge in [0, 0.05) is 52.7 Å². The van der Waals surface area contributed by atoms with Crippen LogP contribution in [0, 0.1) is 29.4 Å². The van der Waals surface area contributed by atoms with Crippen LogP contribution in [-0.2, 0) is 62.3 Å². The van der Waals surface area contributed by atoms with E-state index in [0.717, 1.165) is 42.7 Å². The van der Waals surface area contributed by atoms with E-state index in [0.29, 0.717) is 10.7 Å². The molecule has 70 heavy (non-hydrogen) atoms. The largest absolute Gasteiger partial charge is 0.755 e. The highest BCUT2D eigenvalue weighted by atomic mass is 35.5. The minimum absolute atomic E-state index is 0.192. The zero-order chi connectivity index (χ0) is 51.6. The van der Waals surface area contributed by atoms with E-state index < -0.39 is 163 Å². The number of rotatable bonds is 15. The predicted octanol–water partition coefficient (Wildman–Crippen LogP) is 6.00. The summed E-state index contributed by atoms with van der Waals surface area (Å²) in [6.45, 7) is -2.77. The monoisotopic (exact) mass is 1050 g/mol. The molecule has 0 spiro atoms. The van der Waals surface area contributed by atoms with Crippen LogP contribution in [-0.4, -0.2) is 95.5 Å². The molecule has 2 aliphatic rings. The Labute approximate surface area is 397 Å². The van der Waals surface area contributed by atoms with Crippen LogP contribution in [0.5, 0.6) is 0 Å². The number of sulfone groups is 1. The van der Waals surface area contributed by atoms with E-state index in [4.69, 9.17) is 16.7 Å². The first kappa shape index (κ1) is 52.0. The zero-order valence-corrected chi connectivity index (χ0v) is 38.7. The Balaban J connectivity index is 1.46. The van der Waals surface area contributed by atoms with E-state index in [1.54, 1.807) is 0 Å². The van der Waals surface area contributed by atoms with Gasteiger partial charge < -0.3 is 20.3 Å². The standard InChI is InChI=1S/C42H37ClF10N8O7S2/c1-39(2,70(3,67)68)9-8-23-4-5-24(25-6-7-28(43)33-35(25)60(19-40(46,47)48)58-38(33)61(69(65)66)18-30(63)54-10-11-62)34(55-23)29(14-20-12-21(44)15-22(45)13-20)56-31(64)17-59-37-32(36(57-59)42(51,52)53)26-16-27(26)41(37,49)50/h4-7,12-13,15,26-27,29,62H,10-11,14,16-19H2,1-3H3,(H,54,63)(H,56,64)(H,65,66)/p-1/t26-,27+,29?/m0/s1. The minimum atomic E-state index is -5.22. The molecule has 3 N–H and O–H groups in total. The van der Waals surface area contributed by atoms with Gasteiger partial charge in [-0.25, -0.2) is 22.2 Å². The summed E-state index contributed by atoms with van der Waals surface area (Å²) in [7, 11) is -3.90. The second-order valence-corrected chi connectivity index (χ2v) is 20.7. The van der Waals surface area contributed by atoms with Gasteiger partial charge in [-0.05, 0) is 74.4 Å². The third kappa shape index (κ3) is 10.6. The second-order valence-electron chi connectivity index (χ2n) is 16.8. The minimum Gasteiger partial charge on any atom is -0.755 e. The van der Waals surface area contributed by atoms with Crippen molar-refractivity contribution in [2.45, 2.75) is 74.8 Å². The lowest BCUT2D eigenvalue weighted by molar-refractivity contribution is -0.143. The summed E-state index contributed by atoms with van der Waals surface area (Å²) in [6, 6.07) is 4.84. The molecule has 15 nitrogen and oxygen atoms in total. The Morgan fingerprint density at radius 1 is 1.03 bits per heavy atom. The smallest absolute Gasteiger partial charge is 0.435 e. The average molecular weight is 1050 g/mol. The van der Waals surface area contributed by atoms with Crippen molar-refractivity contribution in [2.24, 2.45) is 5.92 Å². The number of fused-ring (bicyclic) bond motifs is 4. The molecule has 0 radical (unpaired) electrons. The highest BCUT2D eigenvalue weighted by Gasteiger charge is 2.68. The molecule has 0 aliphatic heterocycles. The van der Waals surface area contributed by atoms with Gasteiger partial charge in [0.15, 0.2) is 21.3 Å². The molecule has 5 aromatic rings. The van der Waals surface area contributed by atoms with Crippen molar-refractivity contribution < 1.29 is 75.8 Å². The van der Waals surface area contributed by atoms with Gasteiger partial charge >= 0.3 is 12.4 Å². The number of benzene rings is 2. The summed E-state index contributed by atoms with van der Waals surface area (Å²) < 4.78 is 196. The van der Waals surface area contributed by atoms with Crippen molar-refractivity contribution in [3.8, 4) is 23.0 Å². The quantitative estimate of drug-likeness (QED) is 0.0634. The lowest BCUT2D eigenvalue weighted by Gasteiger charge is -2.24. The molecule has 1 saturated carbocycles. The van der Waals surface area contributed by atoms with Crippen molar-refractivity contribution in [2.75, 3.05) is 30.3 Å². The molecule has 28 heteroatoms. The first-order chi connectivity index (χ1) is 32.4. The summed E-state index contributed by atoms with van der Waals surface area (Å²) in [5.74, 6) is -6.88. The lowest BCUT2D eigenvalue weighted by atomic mass is 9.93. The zero-order valence-electron chi connectivity index (χ0n) is 36.3. The number of halogens is 11. The molecular formula is C42H36ClF10N8O7S2-. The number of anilines is 1. The molecular weight excluding hydrogens is 1020 g/mol. The Kier molecular flexibility index (Phi) is 13.9. The summed E-state index contributed by atoms with van der Waals surface area (Å²) >= 11 is 3.12. The van der Waals surface area contributed by atoms with Gasteiger partial charge in [-0.15, -0.1) is 0 Å². The van der Waals surface area contributed by atoms with E-state index in [-0.39, 0.29) is 44.3 Å². The molecule has 376 valence electrons. The van der Waals surface area contributed by atoms with Crippen LogP contribution in [0.2, 0.25) is 5.02 Å². The lowest BCUT2D eigenvalue weighted by Crippen LogP contribution is -2.39. The first-order valence-corrected chi connectivity index (χ1v) is 23.8. The fourth-order valence-electron chi connectivity index (χ4n) is 8.01. The number of aliphatic hydroxyl groups excluding tert-OH is 1. The number of hydrogen-bond donors (Lipinski definition) is 3. The van der Waals surface area contributed by atoms with Crippen LogP contribution in [0.1, 0.15) is 66.1 Å². The molecule has 2 aromatic carbocycles. The van der Waals surface area contributed by atoms with Gasteiger partial charge in [0.05, 0.1) is 34.3 Å². The van der Waals surface area contributed by atoms with Crippen LogP contribution in [0.3, 0.4) is 0 Å². The number of aromatic nitrogens is 5. The molecule has 2 aliphatic carbocycles. The van der Waals surface area contributed by atoms with E-state index in [2.05, 4.69) is 37.7 Å². The Bertz CT molecular complexity index is 3110. The number of nitrogens with one attached hydrogen (secondary N) is 2. The number of hydrogen-bond acceptors (Lipinski definition) is 10. The van der Waals surface area contributed by atoms with Crippen LogP contribution in [0.15, 0.2) is 42.5 Å². The molecule has 3 aromatic heterocycles. The summed E-state index contributed by atoms with van der Waals surface area (Å²) in [6.07, 6.45) is -10.4. The third-order valence-electron chi connectivity index (χ3n) is 11.4. The molecule has 0 saturated heterocycles. The van der Waals surface area contributed by atoms with Gasteiger partial charge in [0.2, 0.25) is 11.8 Å². The summed E-state index contributed by atoms with van der Waals surface area (Å²) in [4.78, 5) is 31.3. The highest BCUT2D eigenvalue weighted by molar-refractivity contribution is 7.92. The van der Waals surface area contributed by atoms with Crippen LogP contribution >= 0.6 is 11.6 Å². The van der Waals surface area contributed by atoms with Crippen LogP contribution in [0.25, 0.3) is 22.0 Å². The van der Waals surface area contributed by atoms with Gasteiger partial charge in [0.1, 0.15) is 47.4 Å². The van der Waals surface area contributed by atoms with Crippen molar-refractivity contribution in [1.82, 2.24) is 35.2 Å². The number of alkyl halides is 8. The second kappa shape index (κ2) is 18.7. The van der Waals surface area contributed by atoms with E-state index in [1.807, 2.05) is 0 Å². The van der Waals surface area contributed by atoms with Crippen LogP contribution in [0.4, 0.5) is 49.7 Å². The molecule has 7 rings (SSSR count). The van der Waals surface area contributed by atoms with Crippen molar-refractivity contribution in [1.29, 1.82) is 0 Å². The van der Waals surface area contributed by atoms with E-state index in [1.165, 1.54) is 13.8 Å². The Hall–Kier alpha value is -5.82. The summed E-state index contributed by atoms with van der Waals surface area (Å²) in [5.41, 5.74) is -5.75. The molecule has 0 bridgehead atoms. The highest BCUT2D eigenvalue weighted by Crippen LogP contribution is 2.68. The maximum atomic E-state index is 15.5. The van der Waals surface area contributed by atoms with Crippen molar-refractivity contribution in [3.63, 3.8) is 0 Å². The number of aliphatic hydroxyl groups is 1. The number of carbonyl (C=O) groups is 2. The SMILES string of the molecule is CC(C)(C#Cc1ccc(-c2ccc(Cl)c3c(N(CC(=O)NCCO)S(=O)[O-])nn(CC(F)(F)F)c23)c(C(Cc2cc(F)cc(F)c2)NC(=O)Cn2nc(C(F)(F)F)c3c2C(F)(F)[C@@H]2C[C@H]32)n1)S(C)(=O)=O. The molecule has 2 unspecified atom stereocenters. The normalized spacial score (nSPS) is 17.3. The third-order valence-corrected chi connectivity index (χ3v) is 14.4. The molecule has 1 fully saturated rings. The number of nitrogens with zero attached hydrogens (tertiary/aromatic N) is 6. The van der Waals surface area contributed by atoms with E-state index in [9.17, 15) is 61.9 Å². The van der Waals surface area contributed by atoms with Crippen molar-refractivity contribution in [3.05, 3.63) is 93.0 Å². The van der Waals surface area contributed by atoms with Crippen LogP contribution < -0.4 is 14.9 Å². The fraction of sp³-hybridized carbons (Fsp3) is 0.405. The first-order valence-electron chi connectivity index (χ1n) is 20.5. The Morgan fingerprint density at radius 3 is 2.29 bits per heavy atom. The predicted molar refractivity (Wildman–Crippen MR) is 229 cm³/mol. The average Bonchev–Trinajstić information content (AvgIpc) is 3.74. The molecule has 2 amide bonds. The maximum Gasteiger partial charge on any atom is 0.435 e. The Morgan fingerprint density at radius 2 is 1.69 bits per heavy atom. The molecule has 4 atom stereocenters. The summed E-state index contributed by atoms with van der Waals surface area (Å²) in [5, 5.41) is 20.1. The number of amides is 2. The maximum absolute atomic E-state index is 15.5. The van der Waals surface area contributed by atoms with Gasteiger partial charge in [0.25, 0.3) is 5.92 Å². The van der Waals surface area contributed by atoms with Gasteiger partial charge in [-0.3, -0.25) is 27.5 Å². The van der Waals surface area contributed by atoms with Gasteiger partial charge in [-0.1, -0.05) is 23.6 Å². The fourth-order valence-corrected chi connectivity index (χ4v) is 8.98. The molecule has 3 heterocycles.